The first-order chi connectivity index (χ1) is 14.5. The summed E-state index contributed by atoms with van der Waals surface area (Å²) >= 11 is 6.82. The molecule has 2 aromatic heterocycles. The van der Waals surface area contributed by atoms with Gasteiger partial charge in [0, 0.05) is 25.7 Å². The number of benzene rings is 1. The van der Waals surface area contributed by atoms with Crippen molar-refractivity contribution >= 4 is 22.9 Å². The van der Waals surface area contributed by atoms with Gasteiger partial charge in [-0.3, -0.25) is 4.40 Å². The second kappa shape index (κ2) is 6.44. The van der Waals surface area contributed by atoms with E-state index in [1.165, 1.54) is 24.0 Å². The molecule has 0 atom stereocenters. The molecule has 2 aliphatic heterocycles. The van der Waals surface area contributed by atoms with Crippen LogP contribution in [0.2, 0.25) is 5.02 Å². The van der Waals surface area contributed by atoms with Gasteiger partial charge >= 0.3 is 0 Å². The van der Waals surface area contributed by atoms with Gasteiger partial charge in [0.15, 0.2) is 5.65 Å². The van der Waals surface area contributed by atoms with Crippen LogP contribution in [-0.2, 0) is 22.4 Å². The number of anilines is 1. The number of piperidine rings is 1. The Balaban J connectivity index is 1.27. The number of nitrogens with zero attached hydrogens (tertiary/aromatic N) is 4. The van der Waals surface area contributed by atoms with Crippen molar-refractivity contribution in [1.29, 1.82) is 0 Å². The zero-order valence-corrected chi connectivity index (χ0v) is 18.3. The number of fused-ring (bicyclic) bond motifs is 3. The molecule has 0 N–H and O–H groups in total. The second-order valence-corrected chi connectivity index (χ2v) is 9.99. The third-order valence-corrected chi connectivity index (χ3v) is 7.53. The molecule has 1 spiro atoms. The van der Waals surface area contributed by atoms with E-state index in [0.29, 0.717) is 5.02 Å². The number of hydrogen-bond donors (Lipinski definition) is 0. The van der Waals surface area contributed by atoms with Crippen LogP contribution in [0.25, 0.3) is 5.65 Å². The van der Waals surface area contributed by atoms with Crippen LogP contribution in [0.15, 0.2) is 36.5 Å². The molecule has 3 aromatic rings. The molecule has 6 heteroatoms. The van der Waals surface area contributed by atoms with E-state index in [9.17, 15) is 0 Å². The van der Waals surface area contributed by atoms with Gasteiger partial charge in [-0.25, -0.2) is 0 Å². The lowest BCUT2D eigenvalue weighted by atomic mass is 9.82. The molecular formula is C24H27ClN4O. The topological polar surface area (TPSA) is 42.7 Å². The Labute approximate surface area is 182 Å². The molecule has 1 saturated heterocycles. The first kappa shape index (κ1) is 18.6. The summed E-state index contributed by atoms with van der Waals surface area (Å²) in [5, 5.41) is 9.52. The number of halogens is 1. The van der Waals surface area contributed by atoms with Crippen molar-refractivity contribution in [2.75, 3.05) is 18.0 Å². The van der Waals surface area contributed by atoms with E-state index in [2.05, 4.69) is 69.9 Å². The summed E-state index contributed by atoms with van der Waals surface area (Å²) in [5.41, 5.74) is 4.07. The average Bonchev–Trinajstić information content (AvgIpc) is 3.42. The number of hydrogen-bond acceptors (Lipinski definition) is 4. The summed E-state index contributed by atoms with van der Waals surface area (Å²) in [5.74, 6) is 1.80. The SMILES string of the molecule is CC1(C)OC2(CCN(c3ccn4c(CC5CC5)nnc4c3Cl)CC2)c2ccccc21. The number of ether oxygens (including phenoxy) is 1. The fourth-order valence-corrected chi connectivity index (χ4v) is 5.72. The van der Waals surface area contributed by atoms with Crippen LogP contribution >= 0.6 is 11.6 Å². The van der Waals surface area contributed by atoms with E-state index in [4.69, 9.17) is 16.3 Å². The summed E-state index contributed by atoms with van der Waals surface area (Å²) in [6.45, 7) is 6.18. The maximum Gasteiger partial charge on any atom is 0.181 e. The lowest BCUT2D eigenvalue weighted by molar-refractivity contribution is -0.136. The normalized spacial score (nSPS) is 22.0. The Morgan fingerprint density at radius 1 is 1.07 bits per heavy atom. The highest BCUT2D eigenvalue weighted by molar-refractivity contribution is 6.36. The van der Waals surface area contributed by atoms with Gasteiger partial charge in [-0.05, 0) is 62.6 Å². The van der Waals surface area contributed by atoms with Gasteiger partial charge in [0.2, 0.25) is 0 Å². The minimum Gasteiger partial charge on any atom is -0.370 e. The van der Waals surface area contributed by atoms with Crippen LogP contribution in [0.5, 0.6) is 0 Å². The second-order valence-electron chi connectivity index (χ2n) is 9.61. The van der Waals surface area contributed by atoms with E-state index in [0.717, 1.165) is 55.4 Å². The van der Waals surface area contributed by atoms with Crippen LogP contribution in [0, 0.1) is 5.92 Å². The molecule has 5 nitrogen and oxygen atoms in total. The van der Waals surface area contributed by atoms with E-state index in [-0.39, 0.29) is 11.2 Å². The number of rotatable bonds is 3. The molecule has 156 valence electrons. The third-order valence-electron chi connectivity index (χ3n) is 7.17. The maximum atomic E-state index is 6.82. The Hall–Kier alpha value is -2.11. The summed E-state index contributed by atoms with van der Waals surface area (Å²) in [6, 6.07) is 10.8. The summed E-state index contributed by atoms with van der Waals surface area (Å²) < 4.78 is 8.76. The summed E-state index contributed by atoms with van der Waals surface area (Å²) in [7, 11) is 0. The van der Waals surface area contributed by atoms with Crippen molar-refractivity contribution in [2.45, 2.75) is 57.2 Å². The highest BCUT2D eigenvalue weighted by Crippen LogP contribution is 2.52. The molecule has 1 aliphatic carbocycles. The standard InChI is InChI=1S/C24H27ClN4O/c1-23(2)17-5-3-4-6-18(17)24(30-23)10-13-28(14-11-24)19-9-12-29-20(15-16-7-8-16)26-27-22(29)21(19)25/h3-6,9,12,16H,7-8,10-11,13-15H2,1-2H3. The Morgan fingerprint density at radius 3 is 2.53 bits per heavy atom. The van der Waals surface area contributed by atoms with E-state index >= 15 is 0 Å². The molecule has 0 bridgehead atoms. The molecule has 3 aliphatic rings. The highest BCUT2D eigenvalue weighted by atomic mass is 35.5. The van der Waals surface area contributed by atoms with Crippen LogP contribution in [-0.4, -0.2) is 27.7 Å². The zero-order chi connectivity index (χ0) is 20.5. The van der Waals surface area contributed by atoms with Crippen molar-refractivity contribution in [3.05, 3.63) is 58.5 Å². The molecule has 1 aromatic carbocycles. The van der Waals surface area contributed by atoms with Crippen LogP contribution < -0.4 is 4.90 Å². The number of aromatic nitrogens is 3. The van der Waals surface area contributed by atoms with Gasteiger partial charge in [-0.1, -0.05) is 35.9 Å². The lowest BCUT2D eigenvalue weighted by Crippen LogP contribution is -2.43. The zero-order valence-electron chi connectivity index (χ0n) is 17.6. The quantitative estimate of drug-likeness (QED) is 0.589. The largest absolute Gasteiger partial charge is 0.370 e. The minimum atomic E-state index is -0.241. The average molecular weight is 423 g/mol. The van der Waals surface area contributed by atoms with Gasteiger partial charge in [0.25, 0.3) is 0 Å². The molecule has 6 rings (SSSR count). The molecule has 4 heterocycles. The van der Waals surface area contributed by atoms with Crippen molar-refractivity contribution in [2.24, 2.45) is 5.92 Å². The van der Waals surface area contributed by atoms with Crippen molar-refractivity contribution in [3.63, 3.8) is 0 Å². The van der Waals surface area contributed by atoms with Crippen LogP contribution in [0.3, 0.4) is 0 Å². The molecule has 0 radical (unpaired) electrons. The molecular weight excluding hydrogens is 396 g/mol. The van der Waals surface area contributed by atoms with Gasteiger partial charge in [0.05, 0.1) is 16.9 Å². The lowest BCUT2D eigenvalue weighted by Gasteiger charge is -2.41. The fraction of sp³-hybridized carbons (Fsp3) is 0.500. The predicted octanol–water partition coefficient (Wildman–Crippen LogP) is 5.10. The van der Waals surface area contributed by atoms with Gasteiger partial charge < -0.3 is 9.64 Å². The third kappa shape index (κ3) is 2.78. The first-order valence-electron chi connectivity index (χ1n) is 11.0. The predicted molar refractivity (Wildman–Crippen MR) is 118 cm³/mol. The van der Waals surface area contributed by atoms with Gasteiger partial charge in [0.1, 0.15) is 10.8 Å². The molecule has 0 amide bonds. The Bertz CT molecular complexity index is 1130. The van der Waals surface area contributed by atoms with Crippen molar-refractivity contribution < 1.29 is 4.74 Å². The monoisotopic (exact) mass is 422 g/mol. The van der Waals surface area contributed by atoms with Gasteiger partial charge in [-0.2, -0.15) is 0 Å². The fourth-order valence-electron chi connectivity index (χ4n) is 5.41. The Kier molecular flexibility index (Phi) is 4.00. The maximum absolute atomic E-state index is 6.82. The van der Waals surface area contributed by atoms with Gasteiger partial charge in [-0.15, -0.1) is 10.2 Å². The van der Waals surface area contributed by atoms with E-state index in [1.807, 2.05) is 0 Å². The molecule has 30 heavy (non-hydrogen) atoms. The molecule has 1 saturated carbocycles. The molecule has 0 unspecified atom stereocenters. The Morgan fingerprint density at radius 2 is 1.80 bits per heavy atom. The van der Waals surface area contributed by atoms with Crippen LogP contribution in [0.4, 0.5) is 5.69 Å². The number of pyridine rings is 1. The van der Waals surface area contributed by atoms with E-state index < -0.39 is 0 Å². The summed E-state index contributed by atoms with van der Waals surface area (Å²) in [6.07, 6.45) is 7.60. The minimum absolute atomic E-state index is 0.195. The smallest absolute Gasteiger partial charge is 0.181 e. The van der Waals surface area contributed by atoms with Crippen molar-refractivity contribution in [3.8, 4) is 0 Å². The molecule has 2 fully saturated rings. The summed E-state index contributed by atoms with van der Waals surface area (Å²) in [4.78, 5) is 2.38. The highest BCUT2D eigenvalue weighted by Gasteiger charge is 2.50. The first-order valence-corrected chi connectivity index (χ1v) is 11.4. The van der Waals surface area contributed by atoms with E-state index in [1.54, 1.807) is 0 Å². The van der Waals surface area contributed by atoms with Crippen LogP contribution in [0.1, 0.15) is 56.5 Å². The van der Waals surface area contributed by atoms with Crippen molar-refractivity contribution in [1.82, 2.24) is 14.6 Å².